The zero-order chi connectivity index (χ0) is 12.6. The lowest BCUT2D eigenvalue weighted by molar-refractivity contribution is -0.884. The van der Waals surface area contributed by atoms with Crippen LogP contribution in [0.1, 0.15) is 5.56 Å². The van der Waals surface area contributed by atoms with Gasteiger partial charge in [0, 0.05) is 18.0 Å². The summed E-state index contributed by atoms with van der Waals surface area (Å²) in [5.41, 5.74) is 1.40. The summed E-state index contributed by atoms with van der Waals surface area (Å²) in [6.07, 6.45) is 3.50. The van der Waals surface area contributed by atoms with Crippen molar-refractivity contribution in [3.05, 3.63) is 66.5 Å². The zero-order valence-corrected chi connectivity index (χ0v) is 11.3. The summed E-state index contributed by atoms with van der Waals surface area (Å²) >= 11 is 0. The van der Waals surface area contributed by atoms with Gasteiger partial charge in [0.25, 0.3) is 0 Å². The largest absolute Gasteiger partial charge is 0.870 e. The molecule has 98 valence electrons. The second-order valence-electron chi connectivity index (χ2n) is 4.96. The predicted octanol–water partition coefficient (Wildman–Crippen LogP) is 2.80. The SMILES string of the molecule is C[N+](C)(C)Cc1ccccc1.[OH-].c1ccncc1. The molecule has 1 heterocycles. The van der Waals surface area contributed by atoms with E-state index in [1.54, 1.807) is 12.4 Å². The molecular formula is C15H22N2O. The summed E-state index contributed by atoms with van der Waals surface area (Å²) in [7, 11) is 6.60. The Morgan fingerprint density at radius 3 is 1.67 bits per heavy atom. The Morgan fingerprint density at radius 1 is 0.833 bits per heavy atom. The first-order chi connectivity index (χ1) is 8.08. The first-order valence-electron chi connectivity index (χ1n) is 5.77. The van der Waals surface area contributed by atoms with Crippen LogP contribution in [0.5, 0.6) is 0 Å². The fraction of sp³-hybridized carbons (Fsp3) is 0.267. The Hall–Kier alpha value is -1.71. The van der Waals surface area contributed by atoms with E-state index in [-0.39, 0.29) is 5.48 Å². The molecule has 18 heavy (non-hydrogen) atoms. The van der Waals surface area contributed by atoms with Gasteiger partial charge in [0.05, 0.1) is 21.1 Å². The minimum atomic E-state index is 0. The first-order valence-corrected chi connectivity index (χ1v) is 5.77. The molecular weight excluding hydrogens is 224 g/mol. The van der Waals surface area contributed by atoms with Gasteiger partial charge >= 0.3 is 0 Å². The van der Waals surface area contributed by atoms with Gasteiger partial charge in [-0.1, -0.05) is 36.4 Å². The van der Waals surface area contributed by atoms with E-state index in [4.69, 9.17) is 0 Å². The number of hydrogen-bond acceptors (Lipinski definition) is 2. The van der Waals surface area contributed by atoms with E-state index in [1.807, 2.05) is 18.2 Å². The summed E-state index contributed by atoms with van der Waals surface area (Å²) in [5, 5.41) is 0. The van der Waals surface area contributed by atoms with Gasteiger partial charge in [-0.25, -0.2) is 0 Å². The second-order valence-corrected chi connectivity index (χ2v) is 4.96. The van der Waals surface area contributed by atoms with Crippen molar-refractivity contribution < 1.29 is 9.96 Å². The molecule has 0 aliphatic heterocycles. The van der Waals surface area contributed by atoms with Crippen molar-refractivity contribution in [2.24, 2.45) is 0 Å². The van der Waals surface area contributed by atoms with E-state index < -0.39 is 0 Å². The topological polar surface area (TPSA) is 42.9 Å². The molecule has 2 rings (SSSR count). The monoisotopic (exact) mass is 246 g/mol. The van der Waals surface area contributed by atoms with E-state index in [9.17, 15) is 0 Å². The van der Waals surface area contributed by atoms with E-state index in [2.05, 4.69) is 56.5 Å². The molecule has 0 atom stereocenters. The third kappa shape index (κ3) is 8.44. The Kier molecular flexibility index (Phi) is 7.59. The minimum absolute atomic E-state index is 0. The maximum absolute atomic E-state index is 3.78. The number of rotatable bonds is 2. The van der Waals surface area contributed by atoms with Crippen LogP contribution < -0.4 is 0 Å². The number of benzene rings is 1. The highest BCUT2D eigenvalue weighted by atomic mass is 16.0. The van der Waals surface area contributed by atoms with E-state index in [0.29, 0.717) is 0 Å². The van der Waals surface area contributed by atoms with Crippen LogP contribution in [-0.2, 0) is 6.54 Å². The van der Waals surface area contributed by atoms with Gasteiger partial charge in [0.2, 0.25) is 0 Å². The predicted molar refractivity (Wildman–Crippen MR) is 74.4 cm³/mol. The van der Waals surface area contributed by atoms with Crippen molar-refractivity contribution in [1.82, 2.24) is 4.98 Å². The molecule has 1 aromatic carbocycles. The Bertz CT molecular complexity index is 369. The average Bonchev–Trinajstić information content (AvgIpc) is 2.31. The van der Waals surface area contributed by atoms with Crippen molar-refractivity contribution in [3.8, 4) is 0 Å². The summed E-state index contributed by atoms with van der Waals surface area (Å²) in [6.45, 7) is 1.10. The summed E-state index contributed by atoms with van der Waals surface area (Å²) in [4.78, 5) is 3.78. The molecule has 0 fully saturated rings. The molecule has 1 N–H and O–H groups in total. The third-order valence-electron chi connectivity index (χ3n) is 2.07. The van der Waals surface area contributed by atoms with Crippen LogP contribution in [0.15, 0.2) is 60.9 Å². The van der Waals surface area contributed by atoms with Crippen LogP contribution in [0.25, 0.3) is 0 Å². The second kappa shape index (κ2) is 8.39. The van der Waals surface area contributed by atoms with Gasteiger partial charge in [-0.15, -0.1) is 0 Å². The molecule has 3 heteroatoms. The smallest absolute Gasteiger partial charge is 0.104 e. The fourth-order valence-electron chi connectivity index (χ4n) is 1.44. The molecule has 0 aliphatic rings. The Morgan fingerprint density at radius 2 is 1.33 bits per heavy atom. The maximum atomic E-state index is 3.78. The third-order valence-corrected chi connectivity index (χ3v) is 2.07. The molecule has 0 bridgehead atoms. The van der Waals surface area contributed by atoms with E-state index in [0.717, 1.165) is 11.0 Å². The van der Waals surface area contributed by atoms with Crippen molar-refractivity contribution in [2.45, 2.75) is 6.54 Å². The fourth-order valence-corrected chi connectivity index (χ4v) is 1.44. The standard InChI is InChI=1S/C10H16N.C5H5N.H2O/c1-11(2,3)9-10-7-5-4-6-8-10;1-2-4-6-5-3-1;/h4-8H,9H2,1-3H3;1-5H;1H2/q+1;;/p-1. The lowest BCUT2D eigenvalue weighted by Gasteiger charge is -2.23. The van der Waals surface area contributed by atoms with Crippen LogP contribution >= 0.6 is 0 Å². The summed E-state index contributed by atoms with van der Waals surface area (Å²) < 4.78 is 0.990. The van der Waals surface area contributed by atoms with Gasteiger partial charge in [-0.3, -0.25) is 4.98 Å². The van der Waals surface area contributed by atoms with Gasteiger partial charge in [-0.05, 0) is 12.1 Å². The average molecular weight is 246 g/mol. The van der Waals surface area contributed by atoms with Crippen LogP contribution in [0.3, 0.4) is 0 Å². The highest BCUT2D eigenvalue weighted by Gasteiger charge is 2.06. The van der Waals surface area contributed by atoms with E-state index in [1.165, 1.54) is 5.56 Å². The molecule has 0 amide bonds. The molecule has 0 spiro atoms. The van der Waals surface area contributed by atoms with Crippen LogP contribution in [0, 0.1) is 0 Å². The van der Waals surface area contributed by atoms with Crippen LogP contribution in [0.4, 0.5) is 0 Å². The molecule has 0 radical (unpaired) electrons. The van der Waals surface area contributed by atoms with Gasteiger partial charge in [-0.2, -0.15) is 0 Å². The van der Waals surface area contributed by atoms with Crippen molar-refractivity contribution in [3.63, 3.8) is 0 Å². The van der Waals surface area contributed by atoms with Crippen molar-refractivity contribution in [1.29, 1.82) is 0 Å². The summed E-state index contributed by atoms with van der Waals surface area (Å²) in [5.74, 6) is 0. The normalized spacial score (nSPS) is 9.72. The molecule has 0 saturated carbocycles. The maximum Gasteiger partial charge on any atom is 0.104 e. The Labute approximate surface area is 110 Å². The highest BCUT2D eigenvalue weighted by molar-refractivity contribution is 5.13. The zero-order valence-electron chi connectivity index (χ0n) is 11.3. The van der Waals surface area contributed by atoms with Crippen molar-refractivity contribution >= 4 is 0 Å². The number of pyridine rings is 1. The Balaban J connectivity index is 0.000000352. The van der Waals surface area contributed by atoms with Crippen LogP contribution in [0.2, 0.25) is 0 Å². The van der Waals surface area contributed by atoms with Crippen molar-refractivity contribution in [2.75, 3.05) is 21.1 Å². The van der Waals surface area contributed by atoms with Gasteiger partial charge in [0.15, 0.2) is 0 Å². The molecule has 0 aliphatic carbocycles. The van der Waals surface area contributed by atoms with E-state index >= 15 is 0 Å². The summed E-state index contributed by atoms with van der Waals surface area (Å²) in [6, 6.07) is 16.3. The molecule has 0 unspecified atom stereocenters. The number of quaternary nitrogens is 1. The molecule has 3 nitrogen and oxygen atoms in total. The lowest BCUT2D eigenvalue weighted by Crippen LogP contribution is -2.33. The van der Waals surface area contributed by atoms with Gasteiger partial charge in [0.1, 0.15) is 6.54 Å². The number of aromatic nitrogens is 1. The lowest BCUT2D eigenvalue weighted by atomic mass is 10.2. The highest BCUT2D eigenvalue weighted by Crippen LogP contribution is 2.05. The number of hydrogen-bond donors (Lipinski definition) is 0. The van der Waals surface area contributed by atoms with Crippen LogP contribution in [-0.4, -0.2) is 36.1 Å². The van der Waals surface area contributed by atoms with Gasteiger partial charge < -0.3 is 9.96 Å². The minimum Gasteiger partial charge on any atom is -0.870 e. The molecule has 0 saturated heterocycles. The first kappa shape index (κ1) is 16.3. The molecule has 1 aromatic heterocycles. The molecule has 2 aromatic rings. The number of nitrogens with zero attached hydrogens (tertiary/aromatic N) is 2. The quantitative estimate of drug-likeness (QED) is 0.765.